The molecule has 0 rings (SSSR count). The minimum absolute atomic E-state index is 0.286. The number of nitrogens with one attached hydrogen (secondary N) is 1. The summed E-state index contributed by atoms with van der Waals surface area (Å²) < 4.78 is 32.6. The molecule has 3 atom stereocenters. The van der Waals surface area contributed by atoms with Crippen molar-refractivity contribution < 1.29 is 28.0 Å². The van der Waals surface area contributed by atoms with Gasteiger partial charge in [-0.2, -0.15) is 8.42 Å². The first-order valence-corrected chi connectivity index (χ1v) is 23.6. The van der Waals surface area contributed by atoms with Gasteiger partial charge in [0.2, 0.25) is 5.91 Å². The number of carbonyl (C=O) groups is 1. The highest BCUT2D eigenvalue weighted by atomic mass is 32.2. The van der Waals surface area contributed by atoms with E-state index in [1.807, 2.05) is 0 Å². The topological polar surface area (TPSA) is 124 Å². The van der Waals surface area contributed by atoms with Crippen LogP contribution in [0.25, 0.3) is 0 Å². The first-order valence-electron chi connectivity index (χ1n) is 22.0. The number of aliphatic hydroxyl groups is 2. The van der Waals surface area contributed by atoms with Gasteiger partial charge >= 0.3 is 0 Å². The van der Waals surface area contributed by atoms with Gasteiger partial charge in [0.15, 0.2) is 0 Å². The fraction of sp³-hybridized carbons (Fsp3) is 0.930. The van der Waals surface area contributed by atoms with Gasteiger partial charge in [-0.05, 0) is 38.5 Å². The van der Waals surface area contributed by atoms with Crippen LogP contribution in [-0.2, 0) is 14.9 Å². The number of hydrogen-bond donors (Lipinski definition) is 4. The second-order valence-electron chi connectivity index (χ2n) is 15.5. The molecule has 0 heterocycles. The summed E-state index contributed by atoms with van der Waals surface area (Å²) >= 11 is 0. The summed E-state index contributed by atoms with van der Waals surface area (Å²) in [4.78, 5) is 12.6. The van der Waals surface area contributed by atoms with Crippen LogP contribution >= 0.6 is 0 Å². The largest absolute Gasteiger partial charge is 0.391 e. The van der Waals surface area contributed by atoms with Crippen LogP contribution in [0.1, 0.15) is 232 Å². The van der Waals surface area contributed by atoms with Gasteiger partial charge in [-0.3, -0.25) is 9.35 Å². The molecule has 51 heavy (non-hydrogen) atoms. The van der Waals surface area contributed by atoms with Crippen LogP contribution in [0.15, 0.2) is 12.2 Å². The van der Waals surface area contributed by atoms with Gasteiger partial charge in [0.1, 0.15) is 6.10 Å². The molecule has 8 heteroatoms. The summed E-state index contributed by atoms with van der Waals surface area (Å²) in [5, 5.41) is 23.6. The van der Waals surface area contributed by atoms with E-state index in [2.05, 4.69) is 31.3 Å². The maximum absolute atomic E-state index is 12.6. The van der Waals surface area contributed by atoms with Crippen LogP contribution in [0.2, 0.25) is 0 Å². The SMILES string of the molecule is CCCCCCCCCCC/C=C\CCCCCCC(O)C(=O)NC(CS(=O)(=O)O)C(O)CCCCCCCCCCCCCCCCCCC. The van der Waals surface area contributed by atoms with E-state index in [4.69, 9.17) is 0 Å². The lowest BCUT2D eigenvalue weighted by atomic mass is 10.0. The van der Waals surface area contributed by atoms with Crippen LogP contribution < -0.4 is 5.32 Å². The van der Waals surface area contributed by atoms with Crippen molar-refractivity contribution in [1.82, 2.24) is 5.32 Å². The Morgan fingerprint density at radius 1 is 0.510 bits per heavy atom. The van der Waals surface area contributed by atoms with Crippen molar-refractivity contribution in [2.24, 2.45) is 0 Å². The highest BCUT2D eigenvalue weighted by molar-refractivity contribution is 7.85. The number of aliphatic hydroxyl groups excluding tert-OH is 2. The molecule has 4 N–H and O–H groups in total. The van der Waals surface area contributed by atoms with Gasteiger partial charge in [-0.15, -0.1) is 0 Å². The van der Waals surface area contributed by atoms with Crippen molar-refractivity contribution in [1.29, 1.82) is 0 Å². The fourth-order valence-electron chi connectivity index (χ4n) is 6.93. The normalized spacial score (nSPS) is 13.9. The van der Waals surface area contributed by atoms with Crippen LogP contribution in [0, 0.1) is 0 Å². The van der Waals surface area contributed by atoms with E-state index < -0.39 is 40.0 Å². The van der Waals surface area contributed by atoms with Crippen LogP contribution in [-0.4, -0.2) is 53.1 Å². The average Bonchev–Trinajstić information content (AvgIpc) is 3.09. The Labute approximate surface area is 316 Å². The molecule has 0 saturated carbocycles. The lowest BCUT2D eigenvalue weighted by molar-refractivity contribution is -0.131. The third-order valence-corrected chi connectivity index (χ3v) is 11.1. The van der Waals surface area contributed by atoms with E-state index in [9.17, 15) is 28.0 Å². The molecule has 0 fully saturated rings. The zero-order valence-corrected chi connectivity index (χ0v) is 34.4. The second kappa shape index (κ2) is 37.4. The van der Waals surface area contributed by atoms with Crippen LogP contribution in [0.3, 0.4) is 0 Å². The molecule has 0 aliphatic rings. The molecule has 0 radical (unpaired) electrons. The number of carbonyl (C=O) groups excluding carboxylic acids is 1. The molecule has 0 aliphatic carbocycles. The number of allylic oxidation sites excluding steroid dienone is 2. The molecular weight excluding hydrogens is 659 g/mol. The monoisotopic (exact) mass is 744 g/mol. The van der Waals surface area contributed by atoms with Gasteiger partial charge < -0.3 is 15.5 Å². The molecule has 7 nitrogen and oxygen atoms in total. The van der Waals surface area contributed by atoms with Gasteiger partial charge in [0, 0.05) is 0 Å². The van der Waals surface area contributed by atoms with Crippen molar-refractivity contribution in [3.8, 4) is 0 Å². The van der Waals surface area contributed by atoms with Crippen LogP contribution in [0.4, 0.5) is 0 Å². The highest BCUT2D eigenvalue weighted by Crippen LogP contribution is 2.16. The summed E-state index contributed by atoms with van der Waals surface area (Å²) in [6.45, 7) is 4.52. The summed E-state index contributed by atoms with van der Waals surface area (Å²) in [6.07, 6.45) is 42.3. The molecule has 304 valence electrons. The number of amides is 1. The lowest BCUT2D eigenvalue weighted by Gasteiger charge is -2.24. The number of hydrogen-bond acceptors (Lipinski definition) is 5. The predicted octanol–water partition coefficient (Wildman–Crippen LogP) is 11.9. The first kappa shape index (κ1) is 50.0. The van der Waals surface area contributed by atoms with Gasteiger partial charge in [-0.25, -0.2) is 0 Å². The molecule has 0 aromatic carbocycles. The van der Waals surface area contributed by atoms with E-state index in [1.54, 1.807) is 0 Å². The Morgan fingerprint density at radius 2 is 0.824 bits per heavy atom. The standard InChI is InChI=1S/C43H85NO6S/c1-3-5-7-9-11-13-15-17-19-21-23-25-27-29-31-33-35-37-41(45)40(39-51(48,49)50)44-43(47)42(46)38-36-34-32-30-28-26-24-22-20-18-16-14-12-10-8-6-4-2/h24,26,40-42,45-46H,3-23,25,27-39H2,1-2H3,(H,44,47)(H,48,49,50)/b26-24-. The Hall–Kier alpha value is -0.960. The first-order chi connectivity index (χ1) is 24.7. The third kappa shape index (κ3) is 37.2. The maximum Gasteiger partial charge on any atom is 0.266 e. The van der Waals surface area contributed by atoms with Crippen LogP contribution in [0.5, 0.6) is 0 Å². The lowest BCUT2D eigenvalue weighted by Crippen LogP contribution is -2.50. The van der Waals surface area contributed by atoms with Crippen molar-refractivity contribution in [3.63, 3.8) is 0 Å². The molecule has 3 unspecified atom stereocenters. The Balaban J connectivity index is 3.95. The molecule has 1 amide bonds. The minimum atomic E-state index is -4.41. The molecule has 0 aromatic heterocycles. The molecule has 0 spiro atoms. The molecule has 0 saturated heterocycles. The third-order valence-electron chi connectivity index (χ3n) is 10.3. The molecule has 0 bridgehead atoms. The van der Waals surface area contributed by atoms with Crippen molar-refractivity contribution >= 4 is 16.0 Å². The van der Waals surface area contributed by atoms with E-state index in [0.717, 1.165) is 51.4 Å². The van der Waals surface area contributed by atoms with E-state index in [-0.39, 0.29) is 6.42 Å². The van der Waals surface area contributed by atoms with Crippen molar-refractivity contribution in [3.05, 3.63) is 12.2 Å². The van der Waals surface area contributed by atoms with E-state index in [0.29, 0.717) is 19.3 Å². The molecular formula is C43H85NO6S. The summed E-state index contributed by atoms with van der Waals surface area (Å²) in [5.74, 6) is -1.46. The summed E-state index contributed by atoms with van der Waals surface area (Å²) in [5.41, 5.74) is 0. The van der Waals surface area contributed by atoms with Crippen molar-refractivity contribution in [2.75, 3.05) is 5.75 Å². The Bertz CT molecular complexity index is 880. The second-order valence-corrected chi connectivity index (χ2v) is 17.0. The summed E-state index contributed by atoms with van der Waals surface area (Å²) in [6, 6.07) is -1.15. The average molecular weight is 744 g/mol. The molecule has 0 aromatic rings. The zero-order valence-electron chi connectivity index (χ0n) is 33.6. The van der Waals surface area contributed by atoms with E-state index in [1.165, 1.54) is 141 Å². The quantitative estimate of drug-likeness (QED) is 0.0281. The van der Waals surface area contributed by atoms with Gasteiger partial charge in [-0.1, -0.05) is 206 Å². The highest BCUT2D eigenvalue weighted by Gasteiger charge is 2.28. The Morgan fingerprint density at radius 3 is 1.18 bits per heavy atom. The maximum atomic E-state index is 12.6. The van der Waals surface area contributed by atoms with E-state index >= 15 is 0 Å². The van der Waals surface area contributed by atoms with Crippen molar-refractivity contribution in [2.45, 2.75) is 250 Å². The van der Waals surface area contributed by atoms with Gasteiger partial charge in [0.05, 0.1) is 17.9 Å². The van der Waals surface area contributed by atoms with Gasteiger partial charge in [0.25, 0.3) is 10.1 Å². The summed E-state index contributed by atoms with van der Waals surface area (Å²) in [7, 11) is -4.41. The number of rotatable bonds is 40. The minimum Gasteiger partial charge on any atom is -0.391 e. The smallest absolute Gasteiger partial charge is 0.266 e. The Kier molecular flexibility index (Phi) is 36.7. The zero-order chi connectivity index (χ0) is 37.7. The number of unbranched alkanes of at least 4 members (excludes halogenated alkanes) is 29. The fourth-order valence-corrected chi connectivity index (χ4v) is 7.69. The molecule has 0 aliphatic heterocycles. The predicted molar refractivity (Wildman–Crippen MR) is 218 cm³/mol.